The number of ether oxygens (including phenoxy) is 2. The number of esters is 1. The zero-order chi connectivity index (χ0) is 24.7. The minimum Gasteiger partial charge on any atom is -0.489 e. The molecule has 3 aromatic rings. The predicted octanol–water partition coefficient (Wildman–Crippen LogP) is 4.41. The maximum atomic E-state index is 13.7. The summed E-state index contributed by atoms with van der Waals surface area (Å²) in [7, 11) is -2.58. The third-order valence-corrected chi connectivity index (χ3v) is 6.69. The molecule has 0 radical (unpaired) electrons. The van der Waals surface area contributed by atoms with Crippen LogP contribution in [-0.4, -0.2) is 28.0 Å². The second-order valence-electron chi connectivity index (χ2n) is 7.46. The highest BCUT2D eigenvalue weighted by molar-refractivity contribution is 7.89. The van der Waals surface area contributed by atoms with Gasteiger partial charge in [0.25, 0.3) is 0 Å². The zero-order valence-corrected chi connectivity index (χ0v) is 19.6. The summed E-state index contributed by atoms with van der Waals surface area (Å²) in [6.07, 6.45) is 0.976. The van der Waals surface area contributed by atoms with Crippen LogP contribution in [0.5, 0.6) is 5.75 Å². The SMILES string of the molecule is CCc1ccc(S(=O)(=O)NCCc2ccc(OCc3cccc(F)c3F)cc2)cc1C(=O)OC. The monoisotopic (exact) mass is 489 g/mol. The van der Waals surface area contributed by atoms with E-state index < -0.39 is 27.6 Å². The van der Waals surface area contributed by atoms with Gasteiger partial charge in [0.1, 0.15) is 12.4 Å². The first-order valence-corrected chi connectivity index (χ1v) is 12.1. The number of carbonyl (C=O) groups is 1. The van der Waals surface area contributed by atoms with E-state index in [0.29, 0.717) is 24.2 Å². The van der Waals surface area contributed by atoms with Crippen LogP contribution >= 0.6 is 0 Å². The topological polar surface area (TPSA) is 81.7 Å². The van der Waals surface area contributed by atoms with Gasteiger partial charge in [-0.1, -0.05) is 37.3 Å². The molecule has 180 valence electrons. The van der Waals surface area contributed by atoms with Gasteiger partial charge in [-0.25, -0.2) is 26.7 Å². The third kappa shape index (κ3) is 6.18. The lowest BCUT2D eigenvalue weighted by Crippen LogP contribution is -2.26. The normalized spacial score (nSPS) is 11.3. The summed E-state index contributed by atoms with van der Waals surface area (Å²) in [5.74, 6) is -1.98. The van der Waals surface area contributed by atoms with E-state index in [9.17, 15) is 22.0 Å². The quantitative estimate of drug-likeness (QED) is 0.427. The van der Waals surface area contributed by atoms with Gasteiger partial charge in [-0.3, -0.25) is 0 Å². The average molecular weight is 490 g/mol. The van der Waals surface area contributed by atoms with Crippen LogP contribution in [0.25, 0.3) is 0 Å². The van der Waals surface area contributed by atoms with Crippen molar-refractivity contribution in [1.29, 1.82) is 0 Å². The Morgan fingerprint density at radius 1 is 1.00 bits per heavy atom. The zero-order valence-electron chi connectivity index (χ0n) is 18.8. The van der Waals surface area contributed by atoms with E-state index in [0.717, 1.165) is 11.6 Å². The van der Waals surface area contributed by atoms with Gasteiger partial charge in [-0.15, -0.1) is 0 Å². The van der Waals surface area contributed by atoms with E-state index >= 15 is 0 Å². The number of sulfonamides is 1. The summed E-state index contributed by atoms with van der Waals surface area (Å²) in [4.78, 5) is 12.0. The number of rotatable bonds is 10. The summed E-state index contributed by atoms with van der Waals surface area (Å²) in [6, 6.07) is 15.2. The van der Waals surface area contributed by atoms with Crippen molar-refractivity contribution < 1.29 is 31.5 Å². The number of hydrogen-bond acceptors (Lipinski definition) is 5. The maximum absolute atomic E-state index is 13.7. The number of methoxy groups -OCH3 is 1. The largest absolute Gasteiger partial charge is 0.489 e. The standard InChI is InChI=1S/C25H25F2NO5S/c1-3-18-9-12-21(15-22(18)25(29)32-2)34(30,31)28-14-13-17-7-10-20(11-8-17)33-16-19-5-4-6-23(26)24(19)27/h4-12,15,28H,3,13-14,16H2,1-2H3. The van der Waals surface area contributed by atoms with Gasteiger partial charge in [0.2, 0.25) is 10.0 Å². The summed E-state index contributed by atoms with van der Waals surface area (Å²) in [6.45, 7) is 1.89. The van der Waals surface area contributed by atoms with Crippen molar-refractivity contribution in [1.82, 2.24) is 4.72 Å². The molecule has 0 bridgehead atoms. The smallest absolute Gasteiger partial charge is 0.338 e. The highest BCUT2D eigenvalue weighted by Gasteiger charge is 2.19. The highest BCUT2D eigenvalue weighted by atomic mass is 32.2. The number of nitrogens with one attached hydrogen (secondary N) is 1. The fourth-order valence-corrected chi connectivity index (χ4v) is 4.38. The lowest BCUT2D eigenvalue weighted by Gasteiger charge is -2.11. The van der Waals surface area contributed by atoms with E-state index in [2.05, 4.69) is 4.72 Å². The molecular weight excluding hydrogens is 464 g/mol. The lowest BCUT2D eigenvalue weighted by molar-refractivity contribution is 0.0599. The van der Waals surface area contributed by atoms with Crippen molar-refractivity contribution in [2.75, 3.05) is 13.7 Å². The molecule has 0 heterocycles. The van der Waals surface area contributed by atoms with Gasteiger partial charge < -0.3 is 9.47 Å². The Morgan fingerprint density at radius 2 is 1.74 bits per heavy atom. The molecule has 0 fully saturated rings. The first-order valence-electron chi connectivity index (χ1n) is 10.6. The Kier molecular flexibility index (Phi) is 8.36. The van der Waals surface area contributed by atoms with Crippen molar-refractivity contribution in [3.05, 3.63) is 94.6 Å². The first-order chi connectivity index (χ1) is 16.2. The van der Waals surface area contributed by atoms with Gasteiger partial charge in [0.15, 0.2) is 11.6 Å². The van der Waals surface area contributed by atoms with Crippen molar-refractivity contribution in [2.45, 2.75) is 31.3 Å². The molecule has 1 N–H and O–H groups in total. The average Bonchev–Trinajstić information content (AvgIpc) is 2.84. The van der Waals surface area contributed by atoms with Gasteiger partial charge in [0.05, 0.1) is 17.6 Å². The van der Waals surface area contributed by atoms with Crippen LogP contribution in [0.15, 0.2) is 65.6 Å². The number of carbonyl (C=O) groups excluding carboxylic acids is 1. The van der Waals surface area contributed by atoms with Crippen molar-refractivity contribution in [2.24, 2.45) is 0 Å². The number of aryl methyl sites for hydroxylation is 1. The Labute approximate surface area is 197 Å². The molecule has 0 saturated carbocycles. The van der Waals surface area contributed by atoms with Crippen molar-refractivity contribution in [3.63, 3.8) is 0 Å². The van der Waals surface area contributed by atoms with Crippen molar-refractivity contribution >= 4 is 16.0 Å². The Balaban J connectivity index is 1.57. The molecule has 34 heavy (non-hydrogen) atoms. The molecule has 6 nitrogen and oxygen atoms in total. The lowest BCUT2D eigenvalue weighted by atomic mass is 10.1. The van der Waals surface area contributed by atoms with Gasteiger partial charge in [-0.2, -0.15) is 0 Å². The van der Waals surface area contributed by atoms with Gasteiger partial charge in [-0.05, 0) is 54.3 Å². The molecule has 3 rings (SSSR count). The van der Waals surface area contributed by atoms with E-state index in [-0.39, 0.29) is 29.2 Å². The summed E-state index contributed by atoms with van der Waals surface area (Å²) in [5, 5.41) is 0. The predicted molar refractivity (Wildman–Crippen MR) is 123 cm³/mol. The molecule has 9 heteroatoms. The van der Waals surface area contributed by atoms with Crippen LogP contribution in [0.2, 0.25) is 0 Å². The Hall–Kier alpha value is -3.30. The van der Waals surface area contributed by atoms with E-state index in [1.807, 2.05) is 6.92 Å². The van der Waals surface area contributed by atoms with Crippen LogP contribution in [0.1, 0.15) is 34.0 Å². The second kappa shape index (κ2) is 11.2. The van der Waals surface area contributed by atoms with E-state index in [1.165, 1.54) is 31.4 Å². The van der Waals surface area contributed by atoms with E-state index in [1.54, 1.807) is 30.3 Å². The molecule has 0 unspecified atom stereocenters. The van der Waals surface area contributed by atoms with Crippen LogP contribution in [0.3, 0.4) is 0 Å². The summed E-state index contributed by atoms with van der Waals surface area (Å²) >= 11 is 0. The maximum Gasteiger partial charge on any atom is 0.338 e. The summed E-state index contributed by atoms with van der Waals surface area (Å²) in [5.41, 5.74) is 1.89. The fourth-order valence-electron chi connectivity index (χ4n) is 3.32. The fraction of sp³-hybridized carbons (Fsp3) is 0.240. The molecule has 0 aliphatic carbocycles. The number of halogens is 2. The molecule has 0 aliphatic rings. The highest BCUT2D eigenvalue weighted by Crippen LogP contribution is 2.19. The van der Waals surface area contributed by atoms with Gasteiger partial charge >= 0.3 is 5.97 Å². The van der Waals surface area contributed by atoms with Crippen LogP contribution in [-0.2, 0) is 34.2 Å². The molecule has 0 spiro atoms. The number of hydrogen-bond donors (Lipinski definition) is 1. The summed E-state index contributed by atoms with van der Waals surface area (Å²) < 4.78 is 65.1. The minimum absolute atomic E-state index is 0.0153. The van der Waals surface area contributed by atoms with Crippen LogP contribution < -0.4 is 9.46 Å². The molecular formula is C25H25F2NO5S. The minimum atomic E-state index is -3.82. The first kappa shape index (κ1) is 25.3. The van der Waals surface area contributed by atoms with Gasteiger partial charge in [0, 0.05) is 12.1 Å². The molecule has 0 amide bonds. The Morgan fingerprint density at radius 3 is 2.41 bits per heavy atom. The molecule has 0 saturated heterocycles. The molecule has 3 aromatic carbocycles. The Bertz CT molecular complexity index is 1260. The molecule has 0 aromatic heterocycles. The molecule has 0 aliphatic heterocycles. The van der Waals surface area contributed by atoms with Crippen LogP contribution in [0.4, 0.5) is 8.78 Å². The van der Waals surface area contributed by atoms with Crippen LogP contribution in [0, 0.1) is 11.6 Å². The molecule has 0 atom stereocenters. The number of benzene rings is 3. The second-order valence-corrected chi connectivity index (χ2v) is 9.22. The third-order valence-electron chi connectivity index (χ3n) is 5.23. The van der Waals surface area contributed by atoms with E-state index in [4.69, 9.17) is 9.47 Å². The van der Waals surface area contributed by atoms with Crippen molar-refractivity contribution in [3.8, 4) is 5.75 Å².